The Morgan fingerprint density at radius 2 is 1.73 bits per heavy atom. The highest BCUT2D eigenvalue weighted by Gasteiger charge is 2.63. The van der Waals surface area contributed by atoms with Gasteiger partial charge in [-0.25, -0.2) is 0 Å². The van der Waals surface area contributed by atoms with E-state index in [-0.39, 0.29) is 40.1 Å². The lowest BCUT2D eigenvalue weighted by Crippen LogP contribution is -2.57. The van der Waals surface area contributed by atoms with E-state index in [0.717, 1.165) is 45.1 Å². The summed E-state index contributed by atoms with van der Waals surface area (Å²) < 4.78 is 18.4. The number of Topliss-reactive ketones (excluding diaryl/α,β-unsaturated/α-hetero) is 1. The Hall–Kier alpha value is -0.723. The second-order valence-electron chi connectivity index (χ2n) is 16.9. The smallest absolute Gasteiger partial charge is 0.292 e. The summed E-state index contributed by atoms with van der Waals surface area (Å²) in [6, 6.07) is 0. The Bertz CT molecular complexity index is 966. The fourth-order valence-electron chi connectivity index (χ4n) is 10.1. The molecule has 41 heavy (non-hydrogen) atoms. The average molecular weight is 589 g/mol. The Morgan fingerprint density at radius 3 is 2.41 bits per heavy atom. The molecule has 0 spiro atoms. The largest absolute Gasteiger partial charge is 0.519 e. The molecule has 1 saturated heterocycles. The summed E-state index contributed by atoms with van der Waals surface area (Å²) in [6.07, 6.45) is 13.8. The fraction of sp³-hybridized carbons (Fsp3) is 0.943. The van der Waals surface area contributed by atoms with E-state index in [2.05, 4.69) is 54.6 Å². The van der Waals surface area contributed by atoms with Gasteiger partial charge < -0.3 is 13.9 Å². The van der Waals surface area contributed by atoms with Crippen molar-refractivity contribution in [1.29, 1.82) is 0 Å². The van der Waals surface area contributed by atoms with Gasteiger partial charge in [-0.3, -0.25) is 9.59 Å². The molecule has 0 N–H and O–H groups in total. The SMILES string of the molecule is C[C@@H](CCC(=O)O[Si](C)(C)C(C)(C)C)[C@H]1CCC2C3C(=O)CC4C[C@@H](OC5CCCCO5)CC[C@]4(C)C3CC[C@@]21C. The van der Waals surface area contributed by atoms with Crippen molar-refractivity contribution in [2.45, 2.75) is 156 Å². The van der Waals surface area contributed by atoms with Crippen LogP contribution in [0, 0.1) is 46.3 Å². The third-order valence-corrected chi connectivity index (χ3v) is 18.0. The molecule has 10 atom stereocenters. The van der Waals surface area contributed by atoms with E-state index < -0.39 is 8.32 Å². The van der Waals surface area contributed by atoms with Crippen LogP contribution in [0.1, 0.15) is 125 Å². The zero-order chi connectivity index (χ0) is 29.8. The van der Waals surface area contributed by atoms with Crippen molar-refractivity contribution >= 4 is 20.1 Å². The van der Waals surface area contributed by atoms with Crippen LogP contribution in [0.15, 0.2) is 0 Å². The van der Waals surface area contributed by atoms with Crippen LogP contribution in [0.4, 0.5) is 0 Å². The number of carbonyl (C=O) groups excluding carboxylic acids is 2. The molecule has 234 valence electrons. The van der Waals surface area contributed by atoms with Gasteiger partial charge in [0.05, 0.1) is 6.10 Å². The second kappa shape index (κ2) is 11.7. The van der Waals surface area contributed by atoms with Crippen LogP contribution in [-0.2, 0) is 23.5 Å². The highest BCUT2D eigenvalue weighted by Crippen LogP contribution is 2.67. The molecule has 0 aromatic carbocycles. The minimum absolute atomic E-state index is 0.0112. The van der Waals surface area contributed by atoms with Crippen LogP contribution in [0.3, 0.4) is 0 Å². The third kappa shape index (κ3) is 6.01. The molecule has 4 saturated carbocycles. The molecule has 1 heterocycles. The minimum atomic E-state index is -2.08. The van der Waals surface area contributed by atoms with Crippen LogP contribution >= 0.6 is 0 Å². The Kier molecular flexibility index (Phi) is 9.01. The monoisotopic (exact) mass is 588 g/mol. The van der Waals surface area contributed by atoms with E-state index in [1.807, 2.05) is 0 Å². The van der Waals surface area contributed by atoms with Gasteiger partial charge in [0.2, 0.25) is 0 Å². The van der Waals surface area contributed by atoms with Gasteiger partial charge >= 0.3 is 0 Å². The van der Waals surface area contributed by atoms with Crippen molar-refractivity contribution in [2.24, 2.45) is 46.3 Å². The van der Waals surface area contributed by atoms with Gasteiger partial charge in [-0.2, -0.15) is 0 Å². The van der Waals surface area contributed by atoms with E-state index in [1.54, 1.807) is 0 Å². The van der Waals surface area contributed by atoms with Gasteiger partial charge in [0.25, 0.3) is 14.3 Å². The van der Waals surface area contributed by atoms with Gasteiger partial charge in [-0.05, 0) is 129 Å². The zero-order valence-corrected chi connectivity index (χ0v) is 28.6. The Balaban J connectivity index is 1.21. The highest BCUT2D eigenvalue weighted by molar-refractivity contribution is 6.75. The minimum Gasteiger partial charge on any atom is -0.519 e. The van der Waals surface area contributed by atoms with Crippen molar-refractivity contribution in [3.63, 3.8) is 0 Å². The lowest BCUT2D eigenvalue weighted by Gasteiger charge is -2.60. The quantitative estimate of drug-likeness (QED) is 0.220. The second-order valence-corrected chi connectivity index (χ2v) is 21.6. The van der Waals surface area contributed by atoms with Gasteiger partial charge in [-0.15, -0.1) is 0 Å². The van der Waals surface area contributed by atoms with Crippen LogP contribution in [0.5, 0.6) is 0 Å². The van der Waals surface area contributed by atoms with E-state index in [1.165, 1.54) is 38.5 Å². The van der Waals surface area contributed by atoms with Gasteiger partial charge in [-0.1, -0.05) is 41.5 Å². The molecule has 1 aliphatic heterocycles. The number of hydrogen-bond donors (Lipinski definition) is 0. The summed E-state index contributed by atoms with van der Waals surface area (Å²) in [5, 5.41) is 0.0390. The van der Waals surface area contributed by atoms with Crippen LogP contribution in [0.25, 0.3) is 0 Å². The molecule has 6 heteroatoms. The molecule has 0 bridgehead atoms. The normalized spacial score (nSPS) is 42.1. The molecule has 5 rings (SSSR count). The number of fused-ring (bicyclic) bond motifs is 5. The average Bonchev–Trinajstić information content (AvgIpc) is 3.25. The van der Waals surface area contributed by atoms with Crippen molar-refractivity contribution in [2.75, 3.05) is 6.61 Å². The Morgan fingerprint density at radius 1 is 1.02 bits per heavy atom. The number of ketones is 1. The standard InChI is InChI=1S/C35H60O5Si/c1-23(12-15-30(37)40-41(7,8)33(2,3)4)26-13-14-27-32-28(17-19-35(26,27)6)34(5)18-16-25(21-24(34)22-29(32)36)39-31-11-9-10-20-38-31/h23-28,31-32H,9-22H2,1-8H3/t23-,24?,25-,26+,27?,28?,31?,32?,34-,35+/m0/s1. The number of rotatable bonds is 7. The van der Waals surface area contributed by atoms with Crippen molar-refractivity contribution in [3.05, 3.63) is 0 Å². The van der Waals surface area contributed by atoms with Gasteiger partial charge in [0.1, 0.15) is 5.78 Å². The molecule has 0 amide bonds. The fourth-order valence-corrected chi connectivity index (χ4v) is 11.0. The molecule has 5 nitrogen and oxygen atoms in total. The molecule has 0 radical (unpaired) electrons. The first kappa shape index (κ1) is 31.7. The summed E-state index contributed by atoms with van der Waals surface area (Å²) in [7, 11) is -2.08. The summed E-state index contributed by atoms with van der Waals surface area (Å²) in [4.78, 5) is 26.9. The van der Waals surface area contributed by atoms with Crippen molar-refractivity contribution in [1.82, 2.24) is 0 Å². The highest BCUT2D eigenvalue weighted by atomic mass is 28.4. The summed E-state index contributed by atoms with van der Waals surface area (Å²) in [6.45, 7) is 19.1. The molecule has 0 aromatic rings. The molecular weight excluding hydrogens is 528 g/mol. The van der Waals surface area contributed by atoms with E-state index in [0.29, 0.717) is 41.8 Å². The lowest BCUT2D eigenvalue weighted by atomic mass is 9.44. The lowest BCUT2D eigenvalue weighted by molar-refractivity contribution is -0.211. The first-order chi connectivity index (χ1) is 19.2. The van der Waals surface area contributed by atoms with Gasteiger partial charge in [0.15, 0.2) is 6.29 Å². The summed E-state index contributed by atoms with van der Waals surface area (Å²) >= 11 is 0. The maximum atomic E-state index is 14.0. The van der Waals surface area contributed by atoms with Crippen molar-refractivity contribution < 1.29 is 23.5 Å². The summed E-state index contributed by atoms with van der Waals surface area (Å²) in [5.74, 6) is 3.31. The van der Waals surface area contributed by atoms with Crippen LogP contribution < -0.4 is 0 Å². The predicted molar refractivity (Wildman–Crippen MR) is 166 cm³/mol. The topological polar surface area (TPSA) is 61.8 Å². The first-order valence-corrected chi connectivity index (χ1v) is 20.1. The maximum Gasteiger partial charge on any atom is 0.292 e. The van der Waals surface area contributed by atoms with Gasteiger partial charge in [0, 0.05) is 25.4 Å². The zero-order valence-electron chi connectivity index (χ0n) is 27.6. The number of hydrogen-bond acceptors (Lipinski definition) is 5. The van der Waals surface area contributed by atoms with E-state index in [9.17, 15) is 9.59 Å². The number of carbonyl (C=O) groups is 2. The summed E-state index contributed by atoms with van der Waals surface area (Å²) in [5.41, 5.74) is 0.464. The molecular formula is C35H60O5Si. The molecule has 4 aliphatic carbocycles. The molecule has 5 unspecified atom stereocenters. The molecule has 5 aliphatic rings. The van der Waals surface area contributed by atoms with E-state index in [4.69, 9.17) is 13.9 Å². The van der Waals surface area contributed by atoms with E-state index >= 15 is 0 Å². The van der Waals surface area contributed by atoms with Crippen LogP contribution in [0.2, 0.25) is 18.1 Å². The molecule has 0 aromatic heterocycles. The Labute approximate surface area is 251 Å². The van der Waals surface area contributed by atoms with Crippen LogP contribution in [-0.4, -0.2) is 39.1 Å². The third-order valence-electron chi connectivity index (χ3n) is 13.6. The number of ether oxygens (including phenoxy) is 2. The first-order valence-electron chi connectivity index (χ1n) is 17.2. The predicted octanol–water partition coefficient (Wildman–Crippen LogP) is 8.70. The molecule has 5 fully saturated rings. The van der Waals surface area contributed by atoms with Crippen molar-refractivity contribution in [3.8, 4) is 0 Å². The maximum absolute atomic E-state index is 14.0.